The SMILES string of the molecule is CCc1ccc(CCNC(=NC)NCCCn2cccn2)cc1. The Balaban J connectivity index is 1.62. The van der Waals surface area contributed by atoms with Crippen molar-refractivity contribution in [3.8, 4) is 0 Å². The molecule has 23 heavy (non-hydrogen) atoms. The van der Waals surface area contributed by atoms with E-state index < -0.39 is 0 Å². The van der Waals surface area contributed by atoms with Crippen LogP contribution in [0.15, 0.2) is 47.7 Å². The molecule has 1 heterocycles. The average molecular weight is 313 g/mol. The molecule has 1 aromatic heterocycles. The van der Waals surface area contributed by atoms with Crippen molar-refractivity contribution in [2.45, 2.75) is 32.7 Å². The summed E-state index contributed by atoms with van der Waals surface area (Å²) in [7, 11) is 1.80. The van der Waals surface area contributed by atoms with Crippen LogP contribution in [-0.4, -0.2) is 35.9 Å². The monoisotopic (exact) mass is 313 g/mol. The van der Waals surface area contributed by atoms with Crippen LogP contribution in [0.3, 0.4) is 0 Å². The number of nitrogens with zero attached hydrogens (tertiary/aromatic N) is 3. The lowest BCUT2D eigenvalue weighted by Crippen LogP contribution is -2.39. The van der Waals surface area contributed by atoms with E-state index in [1.54, 1.807) is 13.2 Å². The molecule has 2 N–H and O–H groups in total. The first-order valence-corrected chi connectivity index (χ1v) is 8.31. The van der Waals surface area contributed by atoms with Crippen molar-refractivity contribution in [1.29, 1.82) is 0 Å². The van der Waals surface area contributed by atoms with Crippen LogP contribution in [0, 0.1) is 0 Å². The Hall–Kier alpha value is -2.30. The zero-order valence-electron chi connectivity index (χ0n) is 14.1. The van der Waals surface area contributed by atoms with Gasteiger partial charge in [-0.1, -0.05) is 31.2 Å². The fourth-order valence-corrected chi connectivity index (χ4v) is 2.37. The third kappa shape index (κ3) is 6.14. The molecule has 0 aliphatic heterocycles. The number of guanidine groups is 1. The smallest absolute Gasteiger partial charge is 0.190 e. The second-order valence-corrected chi connectivity index (χ2v) is 5.47. The summed E-state index contributed by atoms with van der Waals surface area (Å²) in [4.78, 5) is 4.25. The summed E-state index contributed by atoms with van der Waals surface area (Å²) in [5.41, 5.74) is 2.74. The lowest BCUT2D eigenvalue weighted by Gasteiger charge is -2.12. The Morgan fingerprint density at radius 1 is 1.13 bits per heavy atom. The summed E-state index contributed by atoms with van der Waals surface area (Å²) in [6.07, 6.45) is 6.89. The Kier molecular flexibility index (Phi) is 7.17. The minimum Gasteiger partial charge on any atom is -0.356 e. The highest BCUT2D eigenvalue weighted by atomic mass is 15.3. The lowest BCUT2D eigenvalue weighted by atomic mass is 10.1. The third-order valence-electron chi connectivity index (χ3n) is 3.78. The highest BCUT2D eigenvalue weighted by Crippen LogP contribution is 2.05. The van der Waals surface area contributed by atoms with Crippen LogP contribution < -0.4 is 10.6 Å². The molecule has 0 aliphatic rings. The molecule has 0 saturated carbocycles. The van der Waals surface area contributed by atoms with E-state index in [2.05, 4.69) is 51.9 Å². The molecule has 5 heteroatoms. The van der Waals surface area contributed by atoms with Gasteiger partial charge in [0.1, 0.15) is 0 Å². The second-order valence-electron chi connectivity index (χ2n) is 5.47. The minimum absolute atomic E-state index is 0.857. The number of hydrogen-bond acceptors (Lipinski definition) is 2. The molecule has 124 valence electrons. The maximum atomic E-state index is 4.25. The Labute approximate surface area is 138 Å². The number of aryl methyl sites for hydroxylation is 2. The molecule has 0 spiro atoms. The topological polar surface area (TPSA) is 54.2 Å². The molecular weight excluding hydrogens is 286 g/mol. The predicted molar refractivity (Wildman–Crippen MR) is 95.7 cm³/mol. The van der Waals surface area contributed by atoms with Crippen molar-refractivity contribution in [1.82, 2.24) is 20.4 Å². The lowest BCUT2D eigenvalue weighted by molar-refractivity contribution is 0.570. The summed E-state index contributed by atoms with van der Waals surface area (Å²) in [6.45, 7) is 4.86. The summed E-state index contributed by atoms with van der Waals surface area (Å²) in [5, 5.41) is 10.9. The van der Waals surface area contributed by atoms with E-state index in [9.17, 15) is 0 Å². The predicted octanol–water partition coefficient (Wildman–Crippen LogP) is 2.24. The van der Waals surface area contributed by atoms with Crippen molar-refractivity contribution in [2.24, 2.45) is 4.99 Å². The summed E-state index contributed by atoms with van der Waals surface area (Å²) in [5.74, 6) is 0.857. The minimum atomic E-state index is 0.857. The number of benzene rings is 1. The molecule has 0 atom stereocenters. The Morgan fingerprint density at radius 2 is 1.87 bits per heavy atom. The first-order chi connectivity index (χ1) is 11.3. The number of nitrogens with one attached hydrogen (secondary N) is 2. The van der Waals surface area contributed by atoms with Gasteiger partial charge in [0.2, 0.25) is 0 Å². The largest absolute Gasteiger partial charge is 0.356 e. The van der Waals surface area contributed by atoms with Crippen LogP contribution in [0.25, 0.3) is 0 Å². The van der Waals surface area contributed by atoms with E-state index in [4.69, 9.17) is 0 Å². The second kappa shape index (κ2) is 9.66. The van der Waals surface area contributed by atoms with Crippen molar-refractivity contribution in [3.63, 3.8) is 0 Å². The molecule has 1 aromatic carbocycles. The normalized spacial score (nSPS) is 11.5. The van der Waals surface area contributed by atoms with E-state index in [-0.39, 0.29) is 0 Å². The molecular formula is C18H27N5. The van der Waals surface area contributed by atoms with Gasteiger partial charge in [-0.25, -0.2) is 0 Å². The summed E-state index contributed by atoms with van der Waals surface area (Å²) in [6, 6.07) is 10.8. The van der Waals surface area contributed by atoms with E-state index in [0.717, 1.165) is 44.9 Å². The van der Waals surface area contributed by atoms with Gasteiger partial charge >= 0.3 is 0 Å². The van der Waals surface area contributed by atoms with Crippen LogP contribution in [0.1, 0.15) is 24.5 Å². The first-order valence-electron chi connectivity index (χ1n) is 8.31. The Morgan fingerprint density at radius 3 is 2.52 bits per heavy atom. The molecule has 0 fully saturated rings. The maximum Gasteiger partial charge on any atom is 0.190 e. The van der Waals surface area contributed by atoms with Crippen LogP contribution in [0.4, 0.5) is 0 Å². The molecule has 0 bridgehead atoms. The maximum absolute atomic E-state index is 4.25. The first kappa shape index (κ1) is 17.1. The van der Waals surface area contributed by atoms with Crippen LogP contribution in [0.2, 0.25) is 0 Å². The van der Waals surface area contributed by atoms with Crippen LogP contribution in [0.5, 0.6) is 0 Å². The number of hydrogen-bond donors (Lipinski definition) is 2. The van der Waals surface area contributed by atoms with E-state index >= 15 is 0 Å². The standard InChI is InChI=1S/C18H27N5/c1-3-16-6-8-17(9-7-16)10-13-21-18(19-2)20-11-4-14-23-15-5-12-22-23/h5-9,12,15H,3-4,10-11,13-14H2,1-2H3,(H2,19,20,21). The average Bonchev–Trinajstić information content (AvgIpc) is 3.11. The number of aliphatic imine (C=N–C) groups is 1. The quantitative estimate of drug-likeness (QED) is 0.446. The molecule has 0 radical (unpaired) electrons. The van der Waals surface area contributed by atoms with Crippen LogP contribution in [-0.2, 0) is 19.4 Å². The van der Waals surface area contributed by atoms with Crippen molar-refractivity contribution < 1.29 is 0 Å². The fourth-order valence-electron chi connectivity index (χ4n) is 2.37. The van der Waals surface area contributed by atoms with Gasteiger partial charge in [0.05, 0.1) is 0 Å². The summed E-state index contributed by atoms with van der Waals surface area (Å²) < 4.78 is 1.94. The van der Waals surface area contributed by atoms with Gasteiger partial charge in [0, 0.05) is 39.1 Å². The van der Waals surface area contributed by atoms with Crippen LogP contribution >= 0.6 is 0 Å². The fraction of sp³-hybridized carbons (Fsp3) is 0.444. The van der Waals surface area contributed by atoms with Gasteiger partial charge < -0.3 is 10.6 Å². The molecule has 5 nitrogen and oxygen atoms in total. The van der Waals surface area contributed by atoms with E-state index in [0.29, 0.717) is 0 Å². The summed E-state index contributed by atoms with van der Waals surface area (Å²) >= 11 is 0. The van der Waals surface area contributed by atoms with Gasteiger partial charge in [0.15, 0.2) is 5.96 Å². The van der Waals surface area contributed by atoms with Gasteiger partial charge in [-0.2, -0.15) is 5.10 Å². The third-order valence-corrected chi connectivity index (χ3v) is 3.78. The van der Waals surface area contributed by atoms with Gasteiger partial charge in [-0.05, 0) is 36.5 Å². The Bertz CT molecular complexity index is 572. The van der Waals surface area contributed by atoms with E-state index in [1.165, 1.54) is 11.1 Å². The molecule has 0 unspecified atom stereocenters. The van der Waals surface area contributed by atoms with Gasteiger partial charge in [0.25, 0.3) is 0 Å². The van der Waals surface area contributed by atoms with E-state index in [1.807, 2.05) is 16.9 Å². The van der Waals surface area contributed by atoms with Crippen molar-refractivity contribution in [2.75, 3.05) is 20.1 Å². The van der Waals surface area contributed by atoms with Gasteiger partial charge in [-0.3, -0.25) is 9.67 Å². The van der Waals surface area contributed by atoms with Crippen molar-refractivity contribution in [3.05, 3.63) is 53.9 Å². The van der Waals surface area contributed by atoms with Gasteiger partial charge in [-0.15, -0.1) is 0 Å². The molecule has 0 amide bonds. The van der Waals surface area contributed by atoms with Crippen molar-refractivity contribution >= 4 is 5.96 Å². The molecule has 2 rings (SSSR count). The number of aromatic nitrogens is 2. The highest BCUT2D eigenvalue weighted by Gasteiger charge is 1.98. The molecule has 2 aromatic rings. The zero-order chi connectivity index (χ0) is 16.3. The highest BCUT2D eigenvalue weighted by molar-refractivity contribution is 5.79. The molecule has 0 saturated heterocycles. The zero-order valence-corrected chi connectivity index (χ0v) is 14.1. The molecule has 0 aliphatic carbocycles. The number of rotatable bonds is 8.